The topological polar surface area (TPSA) is 200 Å². The lowest BCUT2D eigenvalue weighted by Gasteiger charge is -2.26. The number of rotatable bonds is 17. The SMILES string of the molecule is C=CC(=O)OCOc1ccc(OC(=O)C2CCC(C(=O)Oc3ccc(OC(=O)C4CCC(C(=O)Oc5ccc(OCOC(=O)C=C)cc5)CC4)c(C=N)c3)CC2)cc1. The predicted molar refractivity (Wildman–Crippen MR) is 204 cm³/mol. The fraction of sp³-hybridized carbons (Fsp3) is 0.326. The molecule has 58 heavy (non-hydrogen) atoms. The second kappa shape index (κ2) is 20.9. The van der Waals surface area contributed by atoms with Gasteiger partial charge in [-0.05, 0) is 118 Å². The minimum absolute atomic E-state index is 0.142. The van der Waals surface area contributed by atoms with Crippen molar-refractivity contribution < 1.29 is 66.7 Å². The molecule has 15 heteroatoms. The van der Waals surface area contributed by atoms with Crippen molar-refractivity contribution >= 4 is 42.0 Å². The van der Waals surface area contributed by atoms with Crippen LogP contribution < -0.4 is 28.4 Å². The molecule has 0 atom stereocenters. The van der Waals surface area contributed by atoms with Gasteiger partial charge in [-0.15, -0.1) is 0 Å². The molecule has 1 N–H and O–H groups in total. The molecule has 5 rings (SSSR count). The first kappa shape index (κ1) is 42.4. The highest BCUT2D eigenvalue weighted by atomic mass is 16.7. The summed E-state index contributed by atoms with van der Waals surface area (Å²) in [5.41, 5.74) is 0.243. The van der Waals surface area contributed by atoms with Crippen LogP contribution >= 0.6 is 0 Å². The minimum Gasteiger partial charge on any atom is -0.457 e. The van der Waals surface area contributed by atoms with E-state index in [1.165, 1.54) is 18.2 Å². The molecular weight excluding hydrogens is 754 g/mol. The molecule has 2 aliphatic carbocycles. The van der Waals surface area contributed by atoms with Crippen molar-refractivity contribution in [1.29, 1.82) is 5.41 Å². The molecule has 304 valence electrons. The number of carbonyl (C=O) groups is 6. The summed E-state index contributed by atoms with van der Waals surface area (Å²) in [6.45, 7) is 6.03. The first-order valence-corrected chi connectivity index (χ1v) is 18.6. The van der Waals surface area contributed by atoms with Gasteiger partial charge in [0.15, 0.2) is 0 Å². The number of esters is 6. The predicted octanol–water partition coefficient (Wildman–Crippen LogP) is 6.45. The number of nitrogens with one attached hydrogen (secondary N) is 1. The molecule has 2 fully saturated rings. The van der Waals surface area contributed by atoms with E-state index < -0.39 is 59.5 Å². The molecule has 2 aliphatic rings. The summed E-state index contributed by atoms with van der Waals surface area (Å²) in [4.78, 5) is 74.0. The van der Waals surface area contributed by atoms with Gasteiger partial charge in [0.05, 0.1) is 23.7 Å². The van der Waals surface area contributed by atoms with Crippen molar-refractivity contribution in [2.75, 3.05) is 13.6 Å². The molecule has 0 bridgehead atoms. The van der Waals surface area contributed by atoms with Crippen molar-refractivity contribution in [1.82, 2.24) is 0 Å². The van der Waals surface area contributed by atoms with E-state index in [2.05, 4.69) is 13.2 Å². The lowest BCUT2D eigenvalue weighted by molar-refractivity contribution is -0.145. The maximum atomic E-state index is 13.1. The van der Waals surface area contributed by atoms with Crippen LogP contribution in [0.2, 0.25) is 0 Å². The van der Waals surface area contributed by atoms with E-state index in [-0.39, 0.29) is 30.6 Å². The number of hydrogen-bond donors (Lipinski definition) is 1. The third kappa shape index (κ3) is 12.4. The summed E-state index contributed by atoms with van der Waals surface area (Å²) in [5.74, 6) is -2.89. The Balaban J connectivity index is 1.02. The summed E-state index contributed by atoms with van der Waals surface area (Å²) >= 11 is 0. The van der Waals surface area contributed by atoms with E-state index in [0.29, 0.717) is 74.4 Å². The summed E-state index contributed by atoms with van der Waals surface area (Å²) in [7, 11) is 0. The van der Waals surface area contributed by atoms with Crippen LogP contribution in [-0.4, -0.2) is 55.6 Å². The monoisotopic (exact) mass is 797 g/mol. The highest BCUT2D eigenvalue weighted by Crippen LogP contribution is 2.34. The van der Waals surface area contributed by atoms with Crippen molar-refractivity contribution in [3.8, 4) is 34.5 Å². The van der Waals surface area contributed by atoms with Gasteiger partial charge in [-0.1, -0.05) is 13.2 Å². The molecule has 0 aromatic heterocycles. The highest BCUT2D eigenvalue weighted by molar-refractivity contribution is 5.86. The molecule has 0 aliphatic heterocycles. The Morgan fingerprint density at radius 1 is 0.500 bits per heavy atom. The lowest BCUT2D eigenvalue weighted by atomic mass is 9.82. The van der Waals surface area contributed by atoms with Gasteiger partial charge in [0.2, 0.25) is 13.6 Å². The second-order valence-corrected chi connectivity index (χ2v) is 13.4. The Morgan fingerprint density at radius 2 is 0.828 bits per heavy atom. The zero-order valence-corrected chi connectivity index (χ0v) is 31.6. The summed E-state index contributed by atoms with van der Waals surface area (Å²) in [5, 5.41) is 7.87. The standard InChI is InChI=1S/C43H43NO14/c1-3-38(45)53-25-51-32-13-17-34(18-14-32)55-40(47)27-5-7-29(8-6-27)42(49)57-36-21-22-37(31(23-36)24-44)58-43(50)30-11-9-28(10-12-30)41(48)56-35-19-15-33(16-20-35)52-26-54-39(46)4-2/h3-4,13-24,27-30,44H,1-2,5-12,25-26H2. The van der Waals surface area contributed by atoms with Gasteiger partial charge in [-0.3, -0.25) is 19.2 Å². The number of benzene rings is 3. The van der Waals surface area contributed by atoms with Crippen molar-refractivity contribution in [2.45, 2.75) is 51.4 Å². The molecule has 0 radical (unpaired) electrons. The summed E-state index contributed by atoms with van der Waals surface area (Å²) in [6, 6.07) is 16.9. The van der Waals surface area contributed by atoms with E-state index in [1.807, 2.05) is 0 Å². The van der Waals surface area contributed by atoms with Crippen LogP contribution in [0.5, 0.6) is 34.5 Å². The summed E-state index contributed by atoms with van der Waals surface area (Å²) < 4.78 is 42.4. The van der Waals surface area contributed by atoms with E-state index in [4.69, 9.17) is 43.3 Å². The van der Waals surface area contributed by atoms with Gasteiger partial charge in [-0.25, -0.2) is 9.59 Å². The first-order chi connectivity index (χ1) is 28.0. The second-order valence-electron chi connectivity index (χ2n) is 13.4. The molecular formula is C43H43NO14. The molecule has 0 spiro atoms. The first-order valence-electron chi connectivity index (χ1n) is 18.6. The van der Waals surface area contributed by atoms with Gasteiger partial charge >= 0.3 is 35.8 Å². The van der Waals surface area contributed by atoms with Crippen LogP contribution in [0.4, 0.5) is 0 Å². The van der Waals surface area contributed by atoms with Crippen molar-refractivity contribution in [2.24, 2.45) is 23.7 Å². The fourth-order valence-electron chi connectivity index (χ4n) is 6.35. The van der Waals surface area contributed by atoms with Crippen LogP contribution in [0, 0.1) is 29.1 Å². The molecule has 0 saturated heterocycles. The fourth-order valence-corrected chi connectivity index (χ4v) is 6.35. The quantitative estimate of drug-likeness (QED) is 0.0514. The lowest BCUT2D eigenvalue weighted by Crippen LogP contribution is -2.30. The molecule has 3 aromatic carbocycles. The number of carbonyl (C=O) groups excluding carboxylic acids is 6. The Labute approximate surface area is 334 Å². The van der Waals surface area contributed by atoms with Crippen LogP contribution in [0.3, 0.4) is 0 Å². The third-order valence-electron chi connectivity index (χ3n) is 9.62. The van der Waals surface area contributed by atoms with Crippen molar-refractivity contribution in [3.05, 3.63) is 97.6 Å². The largest absolute Gasteiger partial charge is 0.457 e. The molecule has 3 aromatic rings. The van der Waals surface area contributed by atoms with Crippen LogP contribution in [-0.2, 0) is 38.2 Å². The highest BCUT2D eigenvalue weighted by Gasteiger charge is 2.34. The summed E-state index contributed by atoms with van der Waals surface area (Å²) in [6.07, 6.45) is 6.41. The van der Waals surface area contributed by atoms with Gasteiger partial charge in [-0.2, -0.15) is 0 Å². The number of hydrogen-bond acceptors (Lipinski definition) is 15. The average molecular weight is 798 g/mol. The zero-order chi connectivity index (χ0) is 41.4. The Hall–Kier alpha value is -6.77. The van der Waals surface area contributed by atoms with Gasteiger partial charge < -0.3 is 43.3 Å². The van der Waals surface area contributed by atoms with Gasteiger partial charge in [0.25, 0.3) is 0 Å². The molecule has 0 unspecified atom stereocenters. The normalized spacial score (nSPS) is 18.6. The molecule has 0 heterocycles. The van der Waals surface area contributed by atoms with E-state index in [1.54, 1.807) is 48.5 Å². The third-order valence-corrected chi connectivity index (χ3v) is 9.62. The number of ether oxygens (including phenoxy) is 8. The Morgan fingerprint density at radius 3 is 1.19 bits per heavy atom. The van der Waals surface area contributed by atoms with Gasteiger partial charge in [0, 0.05) is 23.9 Å². The van der Waals surface area contributed by atoms with E-state index >= 15 is 0 Å². The smallest absolute Gasteiger partial charge is 0.333 e. The minimum atomic E-state index is -0.613. The average Bonchev–Trinajstić information content (AvgIpc) is 3.25. The van der Waals surface area contributed by atoms with Crippen LogP contribution in [0.15, 0.2) is 92.0 Å². The van der Waals surface area contributed by atoms with Crippen LogP contribution in [0.25, 0.3) is 0 Å². The van der Waals surface area contributed by atoms with Crippen LogP contribution in [0.1, 0.15) is 56.9 Å². The van der Waals surface area contributed by atoms with E-state index in [9.17, 15) is 28.8 Å². The molecule has 15 nitrogen and oxygen atoms in total. The molecule has 2 saturated carbocycles. The molecule has 0 amide bonds. The van der Waals surface area contributed by atoms with E-state index in [0.717, 1.165) is 18.4 Å². The van der Waals surface area contributed by atoms with Crippen molar-refractivity contribution in [3.63, 3.8) is 0 Å². The maximum absolute atomic E-state index is 13.1. The Kier molecular flexibility index (Phi) is 15.3. The maximum Gasteiger partial charge on any atom is 0.333 e. The van der Waals surface area contributed by atoms with Gasteiger partial charge in [0.1, 0.15) is 34.5 Å². The zero-order valence-electron chi connectivity index (χ0n) is 31.6. The Bertz CT molecular complexity index is 1970.